The van der Waals surface area contributed by atoms with Crippen LogP contribution in [0.2, 0.25) is 0 Å². The second-order valence-electron chi connectivity index (χ2n) is 4.49. The maximum Gasteiger partial charge on any atom is 0.313 e. The molecule has 20 heavy (non-hydrogen) atoms. The van der Waals surface area contributed by atoms with Crippen LogP contribution >= 0.6 is 11.8 Å². The van der Waals surface area contributed by atoms with Crippen LogP contribution in [0.3, 0.4) is 0 Å². The topological polar surface area (TPSA) is 55.1 Å². The number of aryl methyl sites for hydroxylation is 1. The van der Waals surface area contributed by atoms with E-state index >= 15 is 0 Å². The van der Waals surface area contributed by atoms with Gasteiger partial charge in [-0.3, -0.25) is 4.79 Å². The zero-order chi connectivity index (χ0) is 14.7. The van der Waals surface area contributed by atoms with E-state index in [1.807, 2.05) is 30.7 Å². The van der Waals surface area contributed by atoms with Gasteiger partial charge in [0.25, 0.3) is 0 Å². The fourth-order valence-electron chi connectivity index (χ4n) is 1.93. The Labute approximate surface area is 120 Å². The van der Waals surface area contributed by atoms with E-state index in [0.29, 0.717) is 5.16 Å². The molecule has 0 fully saturated rings. The van der Waals surface area contributed by atoms with Gasteiger partial charge in [-0.1, -0.05) is 23.9 Å². The van der Waals surface area contributed by atoms with E-state index in [9.17, 15) is 9.18 Å². The normalized spacial score (nSPS) is 12.3. The maximum absolute atomic E-state index is 13.3. The van der Waals surface area contributed by atoms with E-state index in [1.54, 1.807) is 6.07 Å². The Morgan fingerprint density at radius 1 is 1.55 bits per heavy atom. The van der Waals surface area contributed by atoms with Crippen LogP contribution < -0.4 is 0 Å². The summed E-state index contributed by atoms with van der Waals surface area (Å²) in [4.78, 5) is 15.0. The molecule has 0 saturated heterocycles. The molecule has 0 amide bonds. The van der Waals surface area contributed by atoms with Crippen molar-refractivity contribution in [2.75, 3.05) is 5.75 Å². The van der Waals surface area contributed by atoms with Crippen LogP contribution in [-0.2, 0) is 4.79 Å². The van der Waals surface area contributed by atoms with Crippen molar-refractivity contribution in [3.63, 3.8) is 0 Å². The van der Waals surface area contributed by atoms with Gasteiger partial charge in [-0.05, 0) is 31.5 Å². The summed E-state index contributed by atoms with van der Waals surface area (Å²) < 4.78 is 15.2. The van der Waals surface area contributed by atoms with Crippen molar-refractivity contribution >= 4 is 17.7 Å². The number of hydrogen-bond acceptors (Lipinski definition) is 3. The van der Waals surface area contributed by atoms with Gasteiger partial charge in [0.05, 0.1) is 17.5 Å². The number of carboxylic acids is 1. The van der Waals surface area contributed by atoms with Gasteiger partial charge in [-0.2, -0.15) is 0 Å². The molecule has 2 aromatic rings. The average molecular weight is 294 g/mol. The third kappa shape index (κ3) is 3.39. The number of benzene rings is 1. The zero-order valence-corrected chi connectivity index (χ0v) is 12.0. The molecule has 0 bridgehead atoms. The molecule has 0 aliphatic rings. The number of aromatic nitrogens is 2. The molecule has 1 aromatic carbocycles. The van der Waals surface area contributed by atoms with Crippen molar-refractivity contribution in [2.24, 2.45) is 0 Å². The van der Waals surface area contributed by atoms with Crippen LogP contribution in [-0.4, -0.2) is 26.4 Å². The molecule has 0 aliphatic carbocycles. The van der Waals surface area contributed by atoms with Gasteiger partial charge < -0.3 is 9.67 Å². The Morgan fingerprint density at radius 3 is 2.95 bits per heavy atom. The number of carboxylic acid groups (broad SMARTS) is 1. The molecule has 0 radical (unpaired) electrons. The van der Waals surface area contributed by atoms with Crippen LogP contribution in [0.5, 0.6) is 0 Å². The summed E-state index contributed by atoms with van der Waals surface area (Å²) in [6.45, 7) is 3.78. The Bertz CT molecular complexity index is 627. The smallest absolute Gasteiger partial charge is 0.313 e. The van der Waals surface area contributed by atoms with E-state index < -0.39 is 5.97 Å². The van der Waals surface area contributed by atoms with Crippen LogP contribution in [0.4, 0.5) is 4.39 Å². The fraction of sp³-hybridized carbons (Fsp3) is 0.286. The first-order valence-electron chi connectivity index (χ1n) is 6.13. The second-order valence-corrected chi connectivity index (χ2v) is 5.43. The molecular formula is C14H15FN2O2S. The number of halogens is 1. The molecule has 1 heterocycles. The van der Waals surface area contributed by atoms with Gasteiger partial charge in [0.15, 0.2) is 5.16 Å². The first-order valence-corrected chi connectivity index (χ1v) is 7.11. The molecule has 0 spiro atoms. The molecule has 0 aliphatic heterocycles. The third-order valence-corrected chi connectivity index (χ3v) is 3.84. The monoisotopic (exact) mass is 294 g/mol. The Kier molecular flexibility index (Phi) is 4.44. The summed E-state index contributed by atoms with van der Waals surface area (Å²) in [5, 5.41) is 9.38. The van der Waals surface area contributed by atoms with E-state index in [1.165, 1.54) is 12.1 Å². The van der Waals surface area contributed by atoms with E-state index in [2.05, 4.69) is 4.98 Å². The number of hydrogen-bond donors (Lipinski definition) is 1. The highest BCUT2D eigenvalue weighted by Crippen LogP contribution is 2.26. The third-order valence-electron chi connectivity index (χ3n) is 2.89. The molecule has 1 atom stereocenters. The van der Waals surface area contributed by atoms with Crippen molar-refractivity contribution in [2.45, 2.75) is 25.0 Å². The maximum atomic E-state index is 13.3. The number of aliphatic carboxylic acids is 1. The van der Waals surface area contributed by atoms with Gasteiger partial charge in [-0.25, -0.2) is 9.37 Å². The molecule has 4 nitrogen and oxygen atoms in total. The number of carbonyl (C=O) groups is 1. The van der Waals surface area contributed by atoms with Crippen LogP contribution in [0.15, 0.2) is 35.6 Å². The fourth-order valence-corrected chi connectivity index (χ4v) is 2.75. The minimum atomic E-state index is -0.888. The Balaban J connectivity index is 2.29. The quantitative estimate of drug-likeness (QED) is 0.861. The minimum Gasteiger partial charge on any atom is -0.481 e. The summed E-state index contributed by atoms with van der Waals surface area (Å²) in [6, 6.07) is 6.27. The van der Waals surface area contributed by atoms with Crippen molar-refractivity contribution < 1.29 is 14.3 Å². The zero-order valence-electron chi connectivity index (χ0n) is 11.2. The molecule has 1 aromatic heterocycles. The minimum absolute atomic E-state index is 0.0493. The molecule has 0 saturated carbocycles. The summed E-state index contributed by atoms with van der Waals surface area (Å²) in [5.74, 6) is -1.22. The van der Waals surface area contributed by atoms with Crippen molar-refractivity contribution in [1.82, 2.24) is 9.55 Å². The molecule has 2 rings (SSSR count). The molecule has 1 N–H and O–H groups in total. The summed E-state index contributed by atoms with van der Waals surface area (Å²) >= 11 is 1.16. The average Bonchev–Trinajstić information content (AvgIpc) is 2.76. The van der Waals surface area contributed by atoms with Crippen molar-refractivity contribution in [1.29, 1.82) is 0 Å². The van der Waals surface area contributed by atoms with Crippen LogP contribution in [0, 0.1) is 12.7 Å². The first kappa shape index (κ1) is 14.6. The second kappa shape index (κ2) is 6.09. The predicted octanol–water partition coefficient (Wildman–Crippen LogP) is 3.12. The summed E-state index contributed by atoms with van der Waals surface area (Å²) in [6.07, 6.45) is 1.85. The van der Waals surface area contributed by atoms with Gasteiger partial charge in [0, 0.05) is 6.20 Å². The summed E-state index contributed by atoms with van der Waals surface area (Å²) in [7, 11) is 0. The molecule has 106 valence electrons. The van der Waals surface area contributed by atoms with E-state index in [-0.39, 0.29) is 17.6 Å². The van der Waals surface area contributed by atoms with Crippen molar-refractivity contribution in [3.8, 4) is 0 Å². The Morgan fingerprint density at radius 2 is 2.30 bits per heavy atom. The number of imidazole rings is 1. The van der Waals surface area contributed by atoms with Gasteiger partial charge in [0.1, 0.15) is 5.82 Å². The number of rotatable bonds is 5. The standard InChI is InChI=1S/C14H15FN2O2S/c1-9-7-17(14(16-9)20-8-13(18)19)10(2)11-4-3-5-12(15)6-11/h3-7,10H,8H2,1-2H3,(H,18,19). The van der Waals surface area contributed by atoms with Crippen LogP contribution in [0.1, 0.15) is 24.2 Å². The number of thioether (sulfide) groups is 1. The van der Waals surface area contributed by atoms with E-state index in [0.717, 1.165) is 23.0 Å². The highest BCUT2D eigenvalue weighted by Gasteiger charge is 2.15. The van der Waals surface area contributed by atoms with Gasteiger partial charge in [-0.15, -0.1) is 0 Å². The van der Waals surface area contributed by atoms with Crippen molar-refractivity contribution in [3.05, 3.63) is 47.5 Å². The highest BCUT2D eigenvalue weighted by molar-refractivity contribution is 7.99. The molecule has 1 unspecified atom stereocenters. The highest BCUT2D eigenvalue weighted by atomic mass is 32.2. The number of nitrogens with zero attached hydrogens (tertiary/aromatic N) is 2. The Hall–Kier alpha value is -1.82. The first-order chi connectivity index (χ1) is 9.47. The predicted molar refractivity (Wildman–Crippen MR) is 75.5 cm³/mol. The van der Waals surface area contributed by atoms with Crippen LogP contribution in [0.25, 0.3) is 0 Å². The SMILES string of the molecule is Cc1cn(C(C)c2cccc(F)c2)c(SCC(=O)O)n1. The lowest BCUT2D eigenvalue weighted by Gasteiger charge is -2.16. The lowest BCUT2D eigenvalue weighted by Crippen LogP contribution is -2.08. The van der Waals surface area contributed by atoms with Gasteiger partial charge >= 0.3 is 5.97 Å². The molecule has 6 heteroatoms. The van der Waals surface area contributed by atoms with E-state index in [4.69, 9.17) is 5.11 Å². The van der Waals surface area contributed by atoms with Gasteiger partial charge in [0.2, 0.25) is 0 Å². The lowest BCUT2D eigenvalue weighted by molar-refractivity contribution is -0.133. The molecular weight excluding hydrogens is 279 g/mol. The lowest BCUT2D eigenvalue weighted by atomic mass is 10.1. The largest absolute Gasteiger partial charge is 0.481 e. The summed E-state index contributed by atoms with van der Waals surface area (Å²) in [5.41, 5.74) is 1.63.